The van der Waals surface area contributed by atoms with Crippen molar-refractivity contribution in [3.63, 3.8) is 0 Å². The van der Waals surface area contributed by atoms with Gasteiger partial charge in [-0.05, 0) is 0 Å². The molecule has 1 rings (SSSR count). The van der Waals surface area contributed by atoms with Gasteiger partial charge in [0, 0.05) is 6.07 Å². The average molecular weight is 292 g/mol. The van der Waals surface area contributed by atoms with Gasteiger partial charge in [-0.25, -0.2) is 13.2 Å². The van der Waals surface area contributed by atoms with E-state index in [0.717, 1.165) is 0 Å². The molecule has 0 saturated carbocycles. The van der Waals surface area contributed by atoms with Crippen LogP contribution >= 0.6 is 0 Å². The first-order chi connectivity index (χ1) is 9.22. The highest BCUT2D eigenvalue weighted by atomic mass is 19.4. The maximum absolute atomic E-state index is 13.3. The van der Waals surface area contributed by atoms with Gasteiger partial charge in [0.1, 0.15) is 23.5 Å². The lowest BCUT2D eigenvalue weighted by molar-refractivity contribution is -0.142. The molecule has 0 atom stereocenters. The molecule has 0 aliphatic rings. The lowest BCUT2D eigenvalue weighted by atomic mass is 10.1. The molecule has 0 aliphatic heterocycles. The van der Waals surface area contributed by atoms with Crippen molar-refractivity contribution in [1.82, 2.24) is 0 Å². The lowest BCUT2D eigenvalue weighted by Gasteiger charge is -2.12. The van der Waals surface area contributed by atoms with Crippen molar-refractivity contribution in [1.29, 1.82) is 10.5 Å². The number of hydrazone groups is 1. The molecule has 20 heavy (non-hydrogen) atoms. The molecule has 0 fully saturated rings. The minimum Gasteiger partial charge on any atom is -0.273 e. The molecule has 1 aromatic rings. The van der Waals surface area contributed by atoms with Crippen LogP contribution in [0.15, 0.2) is 11.2 Å². The van der Waals surface area contributed by atoms with Crippen molar-refractivity contribution in [2.24, 2.45) is 5.10 Å². The topological polar surface area (TPSA) is 72.0 Å². The fraction of sp³-hybridized carbons (Fsp3) is 0.100. The number of halogens is 6. The van der Waals surface area contributed by atoms with E-state index in [1.165, 1.54) is 12.1 Å². The quantitative estimate of drug-likeness (QED) is 0.394. The lowest BCUT2D eigenvalue weighted by Crippen LogP contribution is -2.14. The first kappa shape index (κ1) is 15.3. The minimum atomic E-state index is -5.42. The van der Waals surface area contributed by atoms with Crippen molar-refractivity contribution in [2.45, 2.75) is 6.18 Å². The van der Waals surface area contributed by atoms with E-state index in [1.807, 2.05) is 0 Å². The molecule has 0 spiro atoms. The molecule has 0 radical (unpaired) electrons. The smallest absolute Gasteiger partial charge is 0.273 e. The number of benzene rings is 1. The molecule has 0 unspecified atom stereocenters. The molecule has 0 amide bonds. The van der Waals surface area contributed by atoms with Crippen molar-refractivity contribution in [2.75, 3.05) is 5.43 Å². The molecular formula is C10H2F6N4. The highest BCUT2D eigenvalue weighted by Crippen LogP contribution is 2.36. The van der Waals surface area contributed by atoms with E-state index >= 15 is 0 Å². The highest BCUT2D eigenvalue weighted by molar-refractivity contribution is 6.10. The Morgan fingerprint density at radius 2 is 1.65 bits per heavy atom. The number of nitriles is 2. The minimum absolute atomic E-state index is 0.0110. The van der Waals surface area contributed by atoms with Gasteiger partial charge in [-0.2, -0.15) is 28.8 Å². The zero-order valence-electron chi connectivity index (χ0n) is 9.19. The van der Waals surface area contributed by atoms with Crippen LogP contribution in [0.2, 0.25) is 0 Å². The van der Waals surface area contributed by atoms with Gasteiger partial charge < -0.3 is 0 Å². The predicted octanol–water partition coefficient (Wildman–Crippen LogP) is 2.94. The van der Waals surface area contributed by atoms with Gasteiger partial charge in [-0.15, -0.1) is 0 Å². The molecular weight excluding hydrogens is 290 g/mol. The van der Waals surface area contributed by atoms with Crippen LogP contribution in [0.1, 0.15) is 5.56 Å². The van der Waals surface area contributed by atoms with Gasteiger partial charge in [0.05, 0.1) is 5.69 Å². The zero-order valence-corrected chi connectivity index (χ0v) is 9.19. The van der Waals surface area contributed by atoms with E-state index in [4.69, 9.17) is 10.5 Å². The van der Waals surface area contributed by atoms with Crippen LogP contribution in [0, 0.1) is 40.1 Å². The average Bonchev–Trinajstić information content (AvgIpc) is 2.34. The summed E-state index contributed by atoms with van der Waals surface area (Å²) in [7, 11) is 0. The Morgan fingerprint density at radius 1 is 1.10 bits per heavy atom. The highest BCUT2D eigenvalue weighted by Gasteiger charge is 2.40. The van der Waals surface area contributed by atoms with Crippen molar-refractivity contribution in [3.05, 3.63) is 29.1 Å². The second-order valence-electron chi connectivity index (χ2n) is 3.20. The Hall–Kier alpha value is -2.75. The van der Waals surface area contributed by atoms with Gasteiger partial charge in [-0.1, -0.05) is 0 Å². The molecule has 4 nitrogen and oxygen atoms in total. The van der Waals surface area contributed by atoms with E-state index in [0.29, 0.717) is 0 Å². The van der Waals surface area contributed by atoms with Crippen LogP contribution < -0.4 is 5.43 Å². The largest absolute Gasteiger partial charge is 0.422 e. The molecule has 104 valence electrons. The van der Waals surface area contributed by atoms with Crippen LogP contribution in [0.3, 0.4) is 0 Å². The molecule has 0 saturated heterocycles. The first-order valence-electron chi connectivity index (χ1n) is 4.61. The fourth-order valence-electron chi connectivity index (χ4n) is 1.13. The Bertz CT molecular complexity index is 634. The number of nitrogens with zero attached hydrogens (tertiary/aromatic N) is 3. The standard InChI is InChI=1S/C10H2F6N4/c11-5-1-6(20-19-4(2-17)3-18)8(12)9(13)7(5)10(14,15)16/h1,20H. The van der Waals surface area contributed by atoms with E-state index < -0.39 is 40.6 Å². The Labute approximate surface area is 107 Å². The second kappa shape index (κ2) is 5.48. The summed E-state index contributed by atoms with van der Waals surface area (Å²) >= 11 is 0. The zero-order chi connectivity index (χ0) is 15.5. The summed E-state index contributed by atoms with van der Waals surface area (Å²) < 4.78 is 76.4. The van der Waals surface area contributed by atoms with Crippen LogP contribution in [0.5, 0.6) is 0 Å². The molecule has 0 heterocycles. The summed E-state index contributed by atoms with van der Waals surface area (Å²) in [6, 6.07) is 2.50. The molecule has 1 aromatic carbocycles. The predicted molar refractivity (Wildman–Crippen MR) is 53.6 cm³/mol. The molecule has 10 heteroatoms. The van der Waals surface area contributed by atoms with Gasteiger partial charge >= 0.3 is 6.18 Å². The van der Waals surface area contributed by atoms with Crippen molar-refractivity contribution in [3.8, 4) is 12.1 Å². The Balaban J connectivity index is 3.32. The molecule has 0 aliphatic carbocycles. The summed E-state index contributed by atoms with van der Waals surface area (Å²) in [5.41, 5.74) is -2.69. The van der Waals surface area contributed by atoms with E-state index in [2.05, 4.69) is 5.10 Å². The van der Waals surface area contributed by atoms with Gasteiger partial charge in [0.15, 0.2) is 11.6 Å². The molecule has 0 bridgehead atoms. The van der Waals surface area contributed by atoms with Gasteiger partial charge in [0.25, 0.3) is 0 Å². The summed E-state index contributed by atoms with van der Waals surface area (Å²) in [4.78, 5) is 0. The van der Waals surface area contributed by atoms with Crippen LogP contribution in [0.4, 0.5) is 32.0 Å². The number of nitrogens with one attached hydrogen (secondary N) is 1. The summed E-state index contributed by atoms with van der Waals surface area (Å²) in [6.45, 7) is 0. The summed E-state index contributed by atoms with van der Waals surface area (Å²) in [5.74, 6) is -6.56. The van der Waals surface area contributed by atoms with E-state index in [-0.39, 0.29) is 6.07 Å². The summed E-state index contributed by atoms with van der Waals surface area (Å²) in [5, 5.41) is 19.6. The van der Waals surface area contributed by atoms with Crippen molar-refractivity contribution >= 4 is 11.4 Å². The van der Waals surface area contributed by atoms with Crippen LogP contribution in [-0.2, 0) is 6.18 Å². The number of alkyl halides is 3. The number of hydrogen-bond donors (Lipinski definition) is 1. The Kier molecular flexibility index (Phi) is 4.20. The monoisotopic (exact) mass is 292 g/mol. The Morgan fingerprint density at radius 3 is 2.10 bits per heavy atom. The second-order valence-corrected chi connectivity index (χ2v) is 3.20. The third kappa shape index (κ3) is 2.98. The van der Waals surface area contributed by atoms with Crippen LogP contribution in [0.25, 0.3) is 0 Å². The van der Waals surface area contributed by atoms with Gasteiger partial charge in [-0.3, -0.25) is 5.43 Å². The first-order valence-corrected chi connectivity index (χ1v) is 4.61. The normalized spacial score (nSPS) is 10.4. The van der Waals surface area contributed by atoms with Crippen LogP contribution in [-0.4, -0.2) is 5.71 Å². The number of hydrogen-bond acceptors (Lipinski definition) is 4. The summed E-state index contributed by atoms with van der Waals surface area (Å²) in [6.07, 6.45) is -5.42. The van der Waals surface area contributed by atoms with E-state index in [9.17, 15) is 26.3 Å². The van der Waals surface area contributed by atoms with E-state index in [1.54, 1.807) is 5.43 Å². The third-order valence-electron chi connectivity index (χ3n) is 1.94. The molecule has 1 N–H and O–H groups in total. The van der Waals surface area contributed by atoms with Crippen molar-refractivity contribution < 1.29 is 26.3 Å². The SMILES string of the molecule is N#CC(C#N)=NNc1cc(F)c(C(F)(F)F)c(F)c1F. The number of anilines is 1. The third-order valence-corrected chi connectivity index (χ3v) is 1.94. The maximum atomic E-state index is 13.3. The fourth-order valence-corrected chi connectivity index (χ4v) is 1.13. The molecule has 0 aromatic heterocycles. The van der Waals surface area contributed by atoms with Gasteiger partial charge in [0.2, 0.25) is 5.71 Å². The number of rotatable bonds is 2. The maximum Gasteiger partial charge on any atom is 0.422 e.